The van der Waals surface area contributed by atoms with Crippen molar-refractivity contribution < 1.29 is 4.79 Å². The third kappa shape index (κ3) is 2.97. The van der Waals surface area contributed by atoms with Gasteiger partial charge in [0.15, 0.2) is 0 Å². The minimum absolute atomic E-state index is 0.0468. The maximum atomic E-state index is 12.2. The normalized spacial score (nSPS) is 17.6. The fourth-order valence-electron chi connectivity index (χ4n) is 2.85. The molecule has 1 aromatic rings. The summed E-state index contributed by atoms with van der Waals surface area (Å²) in [6.07, 6.45) is 5.52. The zero-order chi connectivity index (χ0) is 13.9. The van der Waals surface area contributed by atoms with E-state index in [-0.39, 0.29) is 11.3 Å². The highest BCUT2D eigenvalue weighted by atomic mass is 16.2. The highest BCUT2D eigenvalue weighted by molar-refractivity contribution is 5.92. The third-order valence-corrected chi connectivity index (χ3v) is 4.25. The van der Waals surface area contributed by atoms with E-state index in [0.29, 0.717) is 18.8 Å². The lowest BCUT2D eigenvalue weighted by molar-refractivity contribution is 0.0922. The van der Waals surface area contributed by atoms with Crippen LogP contribution in [0.15, 0.2) is 6.07 Å². The van der Waals surface area contributed by atoms with E-state index in [1.807, 2.05) is 20.0 Å². The molecular weight excluding hydrogens is 240 g/mol. The van der Waals surface area contributed by atoms with Crippen LogP contribution in [0.1, 0.15) is 48.8 Å². The number of hydrogen-bond acceptors (Lipinski definition) is 3. The number of aryl methyl sites for hydroxylation is 2. The van der Waals surface area contributed by atoms with Gasteiger partial charge in [-0.05, 0) is 37.3 Å². The molecule has 5 nitrogen and oxygen atoms in total. The first-order chi connectivity index (χ1) is 9.10. The molecule has 2 rings (SSSR count). The number of nitrogens with zero attached hydrogens (tertiary/aromatic N) is 2. The van der Waals surface area contributed by atoms with Gasteiger partial charge in [-0.2, -0.15) is 5.10 Å². The second kappa shape index (κ2) is 5.74. The number of rotatable bonds is 5. The Labute approximate surface area is 114 Å². The second-order valence-corrected chi connectivity index (χ2v) is 5.59. The largest absolute Gasteiger partial charge is 0.350 e. The lowest BCUT2D eigenvalue weighted by Crippen LogP contribution is -2.41. The maximum Gasteiger partial charge on any atom is 0.269 e. The summed E-state index contributed by atoms with van der Waals surface area (Å²) in [6, 6.07) is 1.86. The van der Waals surface area contributed by atoms with Gasteiger partial charge in [0.05, 0.1) is 5.69 Å². The summed E-state index contributed by atoms with van der Waals surface area (Å²) in [7, 11) is 1.81. The first-order valence-corrected chi connectivity index (χ1v) is 7.11. The van der Waals surface area contributed by atoms with Crippen LogP contribution < -0.4 is 11.1 Å². The van der Waals surface area contributed by atoms with Crippen molar-refractivity contribution in [1.82, 2.24) is 15.1 Å². The van der Waals surface area contributed by atoms with Gasteiger partial charge in [0.25, 0.3) is 5.91 Å². The van der Waals surface area contributed by atoms with Gasteiger partial charge >= 0.3 is 0 Å². The molecule has 0 aliphatic heterocycles. The molecule has 1 aliphatic carbocycles. The van der Waals surface area contributed by atoms with Gasteiger partial charge in [-0.3, -0.25) is 9.48 Å². The van der Waals surface area contributed by atoms with Crippen LogP contribution in [0.5, 0.6) is 0 Å². The van der Waals surface area contributed by atoms with Crippen LogP contribution in [-0.4, -0.2) is 28.8 Å². The van der Waals surface area contributed by atoms with E-state index in [2.05, 4.69) is 10.4 Å². The van der Waals surface area contributed by atoms with E-state index < -0.39 is 0 Å². The quantitative estimate of drug-likeness (QED) is 0.840. The molecule has 1 amide bonds. The van der Waals surface area contributed by atoms with E-state index in [4.69, 9.17) is 5.73 Å². The average molecular weight is 264 g/mol. The Bertz CT molecular complexity index is 446. The van der Waals surface area contributed by atoms with Crippen LogP contribution in [0, 0.1) is 5.41 Å². The van der Waals surface area contributed by atoms with Crippen molar-refractivity contribution >= 4 is 5.91 Å². The molecule has 0 bridgehead atoms. The van der Waals surface area contributed by atoms with Gasteiger partial charge in [0.1, 0.15) is 5.69 Å². The Kier molecular flexibility index (Phi) is 4.24. The number of hydrogen-bond donors (Lipinski definition) is 2. The molecule has 1 aliphatic rings. The molecule has 0 unspecified atom stereocenters. The molecule has 0 atom stereocenters. The fourth-order valence-corrected chi connectivity index (χ4v) is 2.85. The summed E-state index contributed by atoms with van der Waals surface area (Å²) >= 11 is 0. The van der Waals surface area contributed by atoms with Crippen LogP contribution >= 0.6 is 0 Å². The monoisotopic (exact) mass is 264 g/mol. The van der Waals surface area contributed by atoms with Crippen LogP contribution in [0.3, 0.4) is 0 Å². The molecule has 0 radical (unpaired) electrons. The molecule has 1 fully saturated rings. The van der Waals surface area contributed by atoms with E-state index in [9.17, 15) is 4.79 Å². The number of aromatic nitrogens is 2. The zero-order valence-corrected chi connectivity index (χ0v) is 11.9. The summed E-state index contributed by atoms with van der Waals surface area (Å²) in [5.74, 6) is -0.0468. The molecular formula is C14H24N4O. The molecule has 0 spiro atoms. The lowest BCUT2D eigenvalue weighted by Gasteiger charge is -2.27. The number of amides is 1. The Morgan fingerprint density at radius 3 is 2.74 bits per heavy atom. The van der Waals surface area contributed by atoms with Gasteiger partial charge in [-0.1, -0.05) is 19.8 Å². The molecule has 1 saturated carbocycles. The van der Waals surface area contributed by atoms with Crippen LogP contribution in [-0.2, 0) is 13.5 Å². The molecule has 0 aromatic carbocycles. The fraction of sp³-hybridized carbons (Fsp3) is 0.714. The highest BCUT2D eigenvalue weighted by Gasteiger charge is 2.32. The SMILES string of the molecule is CCc1cc(C(=O)NCC2(CN)CCCC2)n(C)n1. The maximum absolute atomic E-state index is 12.2. The van der Waals surface area contributed by atoms with E-state index >= 15 is 0 Å². The van der Waals surface area contributed by atoms with E-state index in [0.717, 1.165) is 25.0 Å². The number of nitrogens with one attached hydrogen (secondary N) is 1. The molecule has 0 saturated heterocycles. The summed E-state index contributed by atoms with van der Waals surface area (Å²) in [5, 5.41) is 7.33. The number of carbonyl (C=O) groups is 1. The molecule has 1 heterocycles. The first kappa shape index (κ1) is 14.1. The molecule has 106 valence electrons. The van der Waals surface area contributed by atoms with Gasteiger partial charge in [-0.25, -0.2) is 0 Å². The average Bonchev–Trinajstić information content (AvgIpc) is 3.03. The predicted molar refractivity (Wildman–Crippen MR) is 74.9 cm³/mol. The standard InChI is InChI=1S/C14H24N4O/c1-3-11-8-12(18(2)17-11)13(19)16-10-14(9-15)6-4-5-7-14/h8H,3-7,9-10,15H2,1-2H3,(H,16,19). The van der Waals surface area contributed by atoms with Crippen molar-refractivity contribution in [1.29, 1.82) is 0 Å². The Morgan fingerprint density at radius 1 is 1.53 bits per heavy atom. The predicted octanol–water partition coefficient (Wildman–Crippen LogP) is 1.23. The summed E-state index contributed by atoms with van der Waals surface area (Å²) < 4.78 is 1.65. The molecule has 19 heavy (non-hydrogen) atoms. The van der Waals surface area contributed by atoms with Crippen molar-refractivity contribution in [3.05, 3.63) is 17.5 Å². The lowest BCUT2D eigenvalue weighted by atomic mass is 9.86. The second-order valence-electron chi connectivity index (χ2n) is 5.59. The van der Waals surface area contributed by atoms with E-state index in [1.165, 1.54) is 12.8 Å². The van der Waals surface area contributed by atoms with Gasteiger partial charge in [0, 0.05) is 13.6 Å². The molecule has 5 heteroatoms. The van der Waals surface area contributed by atoms with Crippen LogP contribution in [0.25, 0.3) is 0 Å². The minimum Gasteiger partial charge on any atom is -0.350 e. The summed E-state index contributed by atoms with van der Waals surface area (Å²) in [6.45, 7) is 3.36. The van der Waals surface area contributed by atoms with E-state index in [1.54, 1.807) is 4.68 Å². The Hall–Kier alpha value is -1.36. The van der Waals surface area contributed by atoms with Crippen LogP contribution in [0.4, 0.5) is 0 Å². The van der Waals surface area contributed by atoms with Crippen molar-refractivity contribution in [3.8, 4) is 0 Å². The topological polar surface area (TPSA) is 72.9 Å². The van der Waals surface area contributed by atoms with Crippen molar-refractivity contribution in [2.45, 2.75) is 39.0 Å². The first-order valence-electron chi connectivity index (χ1n) is 7.11. The number of nitrogens with two attached hydrogens (primary N) is 1. The van der Waals surface area contributed by atoms with Crippen molar-refractivity contribution in [3.63, 3.8) is 0 Å². The van der Waals surface area contributed by atoms with Crippen molar-refractivity contribution in [2.24, 2.45) is 18.2 Å². The summed E-state index contributed by atoms with van der Waals surface area (Å²) in [5.41, 5.74) is 7.57. The number of carbonyl (C=O) groups excluding carboxylic acids is 1. The van der Waals surface area contributed by atoms with Gasteiger partial charge < -0.3 is 11.1 Å². The Balaban J connectivity index is 1.98. The summed E-state index contributed by atoms with van der Waals surface area (Å²) in [4.78, 5) is 12.2. The highest BCUT2D eigenvalue weighted by Crippen LogP contribution is 2.36. The molecule has 3 N–H and O–H groups in total. The Morgan fingerprint density at radius 2 is 2.21 bits per heavy atom. The van der Waals surface area contributed by atoms with Crippen molar-refractivity contribution in [2.75, 3.05) is 13.1 Å². The zero-order valence-electron chi connectivity index (χ0n) is 11.9. The molecule has 1 aromatic heterocycles. The third-order valence-electron chi connectivity index (χ3n) is 4.25. The van der Waals surface area contributed by atoms with Crippen LogP contribution in [0.2, 0.25) is 0 Å². The van der Waals surface area contributed by atoms with Gasteiger partial charge in [0.2, 0.25) is 0 Å². The smallest absolute Gasteiger partial charge is 0.269 e. The minimum atomic E-state index is -0.0468. The van der Waals surface area contributed by atoms with Gasteiger partial charge in [-0.15, -0.1) is 0 Å².